The Bertz CT molecular complexity index is 1100. The number of hydrazone groups is 1. The summed E-state index contributed by atoms with van der Waals surface area (Å²) in [6, 6.07) is 10.2. The molecular weight excluding hydrogens is 418 g/mol. The molecule has 0 aliphatic carbocycles. The molecule has 7 nitrogen and oxygen atoms in total. The molecule has 11 heteroatoms. The van der Waals surface area contributed by atoms with Crippen LogP contribution < -0.4 is 15.4 Å². The maximum atomic E-state index is 14.1. The minimum atomic E-state index is -4.51. The van der Waals surface area contributed by atoms with Crippen LogP contribution in [0.4, 0.5) is 23.4 Å². The third-order valence-corrected chi connectivity index (χ3v) is 4.28. The van der Waals surface area contributed by atoms with E-state index in [1.54, 1.807) is 30.4 Å². The van der Waals surface area contributed by atoms with E-state index in [0.717, 1.165) is 0 Å². The van der Waals surface area contributed by atoms with E-state index < -0.39 is 30.7 Å². The second-order valence-corrected chi connectivity index (χ2v) is 6.53. The van der Waals surface area contributed by atoms with E-state index in [9.17, 15) is 22.4 Å². The number of halogens is 4. The van der Waals surface area contributed by atoms with Crippen molar-refractivity contribution in [3.8, 4) is 5.88 Å². The van der Waals surface area contributed by atoms with E-state index in [4.69, 9.17) is 0 Å². The van der Waals surface area contributed by atoms with Gasteiger partial charge in [-0.15, -0.1) is 0 Å². The second-order valence-electron chi connectivity index (χ2n) is 6.53. The van der Waals surface area contributed by atoms with Crippen LogP contribution in [0, 0.1) is 5.82 Å². The van der Waals surface area contributed by atoms with Gasteiger partial charge in [-0.1, -0.05) is 18.2 Å². The zero-order valence-electron chi connectivity index (χ0n) is 15.7. The maximum Gasteiger partial charge on any atom is 0.422 e. The molecule has 3 heterocycles. The molecule has 1 atom stereocenters. The summed E-state index contributed by atoms with van der Waals surface area (Å²) in [5, 5.41) is 11.2. The summed E-state index contributed by atoms with van der Waals surface area (Å²) in [5.74, 6) is -1.35. The Morgan fingerprint density at radius 3 is 2.77 bits per heavy atom. The van der Waals surface area contributed by atoms with Gasteiger partial charge in [0.2, 0.25) is 5.88 Å². The minimum absolute atomic E-state index is 0.000108. The first-order chi connectivity index (χ1) is 14.8. The van der Waals surface area contributed by atoms with Crippen LogP contribution in [0.5, 0.6) is 5.88 Å². The number of aromatic nitrogens is 1. The Hall–Kier alpha value is -3.89. The van der Waals surface area contributed by atoms with Crippen molar-refractivity contribution in [2.24, 2.45) is 5.10 Å². The van der Waals surface area contributed by atoms with E-state index >= 15 is 0 Å². The number of allylic oxidation sites excluding steroid dienone is 1. The van der Waals surface area contributed by atoms with E-state index in [2.05, 4.69) is 25.5 Å². The zero-order chi connectivity index (χ0) is 22.0. The molecule has 2 N–H and O–H groups in total. The van der Waals surface area contributed by atoms with Crippen molar-refractivity contribution >= 4 is 17.4 Å². The molecule has 0 saturated heterocycles. The molecule has 31 heavy (non-hydrogen) atoms. The van der Waals surface area contributed by atoms with Crippen molar-refractivity contribution in [3.05, 3.63) is 77.9 Å². The molecule has 0 spiro atoms. The third kappa shape index (κ3) is 4.65. The summed E-state index contributed by atoms with van der Waals surface area (Å²) < 4.78 is 55.6. The average molecular weight is 433 g/mol. The summed E-state index contributed by atoms with van der Waals surface area (Å²) in [7, 11) is 0. The van der Waals surface area contributed by atoms with Gasteiger partial charge < -0.3 is 15.4 Å². The van der Waals surface area contributed by atoms with Crippen LogP contribution in [0.15, 0.2) is 71.6 Å². The number of amides is 1. The molecule has 2 aromatic rings. The molecule has 0 radical (unpaired) electrons. The van der Waals surface area contributed by atoms with Gasteiger partial charge in [0.05, 0.1) is 5.71 Å². The summed E-state index contributed by atoms with van der Waals surface area (Å²) in [6.07, 6.45) is -0.154. The Balaban J connectivity index is 1.49. The van der Waals surface area contributed by atoms with Crippen molar-refractivity contribution in [2.75, 3.05) is 11.9 Å². The summed E-state index contributed by atoms with van der Waals surface area (Å²) >= 11 is 0. The molecule has 4 rings (SSSR count). The smallest absolute Gasteiger partial charge is 0.422 e. The number of nitrogens with zero attached hydrogens (tertiary/aromatic N) is 3. The van der Waals surface area contributed by atoms with Crippen LogP contribution in [0.2, 0.25) is 0 Å². The monoisotopic (exact) mass is 433 g/mol. The van der Waals surface area contributed by atoms with E-state index in [-0.39, 0.29) is 23.0 Å². The number of alkyl halides is 3. The quantitative estimate of drug-likeness (QED) is 0.709. The Morgan fingerprint density at radius 2 is 2.00 bits per heavy atom. The van der Waals surface area contributed by atoms with Crippen molar-refractivity contribution in [2.45, 2.75) is 12.3 Å². The van der Waals surface area contributed by atoms with Gasteiger partial charge in [0, 0.05) is 17.8 Å². The summed E-state index contributed by atoms with van der Waals surface area (Å²) in [5.41, 5.74) is 0.726. The van der Waals surface area contributed by atoms with Crippen LogP contribution >= 0.6 is 0 Å². The lowest BCUT2D eigenvalue weighted by atomic mass is 10.1. The predicted molar refractivity (Wildman–Crippen MR) is 103 cm³/mol. The highest BCUT2D eigenvalue weighted by Gasteiger charge is 2.32. The van der Waals surface area contributed by atoms with Crippen LogP contribution in [0.3, 0.4) is 0 Å². The Labute approximate surface area is 173 Å². The highest BCUT2D eigenvalue weighted by atomic mass is 19.4. The number of hydrogen-bond donors (Lipinski definition) is 2. The molecule has 160 valence electrons. The first-order valence-electron chi connectivity index (χ1n) is 9.05. The number of nitrogens with one attached hydrogen (secondary N) is 2. The highest BCUT2D eigenvalue weighted by molar-refractivity contribution is 6.10. The SMILES string of the molecule is O=C(Nc1cccc(OCC(F)(F)F)n1)C1=CNC2C=CC(c3ccccc3F)=NN12. The number of anilines is 1. The van der Waals surface area contributed by atoms with Gasteiger partial charge in [-0.3, -0.25) is 4.79 Å². The lowest BCUT2D eigenvalue weighted by molar-refractivity contribution is -0.154. The molecule has 0 saturated carbocycles. The van der Waals surface area contributed by atoms with Crippen LogP contribution in [-0.2, 0) is 4.79 Å². The molecule has 1 aromatic heterocycles. The number of carbonyl (C=O) groups is 1. The van der Waals surface area contributed by atoms with Crippen LogP contribution in [0.1, 0.15) is 5.56 Å². The lowest BCUT2D eigenvalue weighted by Crippen LogP contribution is -2.37. The number of fused-ring (bicyclic) bond motifs is 1. The maximum absolute atomic E-state index is 14.1. The molecule has 1 unspecified atom stereocenters. The first-order valence-corrected chi connectivity index (χ1v) is 9.05. The number of ether oxygens (including phenoxy) is 1. The fourth-order valence-electron chi connectivity index (χ4n) is 2.92. The topological polar surface area (TPSA) is 78.8 Å². The molecule has 0 fully saturated rings. The predicted octanol–water partition coefficient (Wildman–Crippen LogP) is 3.15. The van der Waals surface area contributed by atoms with Crippen molar-refractivity contribution in [1.29, 1.82) is 0 Å². The molecule has 2 aliphatic rings. The average Bonchev–Trinajstić information content (AvgIpc) is 3.16. The third-order valence-electron chi connectivity index (χ3n) is 4.28. The van der Waals surface area contributed by atoms with E-state index in [0.29, 0.717) is 5.71 Å². The van der Waals surface area contributed by atoms with Crippen LogP contribution in [-0.4, -0.2) is 40.6 Å². The number of hydrogen-bond acceptors (Lipinski definition) is 6. The standard InChI is InChI=1S/C20H15F4N5O2/c21-13-5-2-1-4-12(13)14-8-9-17-25-10-15(29(17)28-14)19(30)27-16-6-3-7-18(26-16)31-11-20(22,23)24/h1-10,17,25H,11H2,(H,26,27,30). The van der Waals surface area contributed by atoms with Gasteiger partial charge in [-0.05, 0) is 30.4 Å². The van der Waals surface area contributed by atoms with Gasteiger partial charge in [-0.25, -0.2) is 9.40 Å². The molecule has 1 aromatic carbocycles. The van der Waals surface area contributed by atoms with Gasteiger partial charge in [-0.2, -0.15) is 23.3 Å². The first kappa shape index (κ1) is 20.4. The number of rotatable bonds is 5. The van der Waals surface area contributed by atoms with Gasteiger partial charge in [0.25, 0.3) is 5.91 Å². The Kier molecular flexibility index (Phi) is 5.32. The normalized spacial score (nSPS) is 17.4. The number of benzene rings is 1. The van der Waals surface area contributed by atoms with E-state index in [1.165, 1.54) is 35.5 Å². The fourth-order valence-corrected chi connectivity index (χ4v) is 2.92. The lowest BCUT2D eigenvalue weighted by Gasteiger charge is -2.25. The van der Waals surface area contributed by atoms with Gasteiger partial charge >= 0.3 is 6.18 Å². The number of pyridine rings is 1. The molecular formula is C20H15F4N5O2. The molecule has 2 aliphatic heterocycles. The Morgan fingerprint density at radius 1 is 1.19 bits per heavy atom. The summed E-state index contributed by atoms with van der Waals surface area (Å²) in [4.78, 5) is 16.6. The zero-order valence-corrected chi connectivity index (χ0v) is 15.7. The highest BCUT2D eigenvalue weighted by Crippen LogP contribution is 2.24. The van der Waals surface area contributed by atoms with E-state index in [1.807, 2.05) is 0 Å². The van der Waals surface area contributed by atoms with Crippen molar-refractivity contribution in [3.63, 3.8) is 0 Å². The largest absolute Gasteiger partial charge is 0.468 e. The number of carbonyl (C=O) groups excluding carboxylic acids is 1. The summed E-state index contributed by atoms with van der Waals surface area (Å²) in [6.45, 7) is -1.50. The molecule has 0 bridgehead atoms. The minimum Gasteiger partial charge on any atom is -0.468 e. The van der Waals surface area contributed by atoms with Crippen molar-refractivity contribution < 1.29 is 27.1 Å². The van der Waals surface area contributed by atoms with Gasteiger partial charge in [0.1, 0.15) is 23.5 Å². The fraction of sp³-hybridized carbons (Fsp3) is 0.150. The van der Waals surface area contributed by atoms with Crippen LogP contribution in [0.25, 0.3) is 0 Å². The van der Waals surface area contributed by atoms with Crippen molar-refractivity contribution in [1.82, 2.24) is 15.3 Å². The molecule has 1 amide bonds. The second kappa shape index (κ2) is 8.09. The van der Waals surface area contributed by atoms with Gasteiger partial charge in [0.15, 0.2) is 6.61 Å².